The van der Waals surface area contributed by atoms with Crippen molar-refractivity contribution in [2.75, 3.05) is 20.2 Å². The Kier molecular flexibility index (Phi) is 5.02. The lowest BCUT2D eigenvalue weighted by Crippen LogP contribution is -2.40. The molecule has 1 saturated heterocycles. The number of likely N-dealkylation sites (tertiary alicyclic amines) is 1. The molecule has 0 amide bonds. The number of nitrogens with zero attached hydrogens (tertiary/aromatic N) is 1. The van der Waals surface area contributed by atoms with Gasteiger partial charge in [-0.2, -0.15) is 0 Å². The van der Waals surface area contributed by atoms with Crippen molar-refractivity contribution in [2.45, 2.75) is 25.3 Å². The summed E-state index contributed by atoms with van der Waals surface area (Å²) in [5.41, 5.74) is 6.45. The van der Waals surface area contributed by atoms with Crippen molar-refractivity contribution in [3.05, 3.63) is 28.8 Å². The predicted octanol–water partition coefficient (Wildman–Crippen LogP) is 2.84. The maximum absolute atomic E-state index is 6.00. The summed E-state index contributed by atoms with van der Waals surface area (Å²) in [6.45, 7) is 1.78. The molecule has 1 aliphatic rings. The van der Waals surface area contributed by atoms with Gasteiger partial charge in [-0.15, -0.1) is 0 Å². The van der Waals surface area contributed by atoms with Gasteiger partial charge in [0.1, 0.15) is 17.3 Å². The largest absolute Gasteiger partial charge is 0.491 e. The summed E-state index contributed by atoms with van der Waals surface area (Å²) in [6.07, 6.45) is 3.69. The molecule has 0 spiro atoms. The highest BCUT2D eigenvalue weighted by Crippen LogP contribution is 2.25. The van der Waals surface area contributed by atoms with Crippen LogP contribution in [0.5, 0.6) is 5.75 Å². The number of thiocarbonyl (C=S) groups is 1. The van der Waals surface area contributed by atoms with Crippen molar-refractivity contribution < 1.29 is 4.74 Å². The third-order valence-electron chi connectivity index (χ3n) is 3.56. The van der Waals surface area contributed by atoms with Gasteiger partial charge >= 0.3 is 0 Å². The van der Waals surface area contributed by atoms with Crippen molar-refractivity contribution in [3.8, 4) is 5.75 Å². The first kappa shape index (κ1) is 14.6. The average molecular weight is 299 g/mol. The molecule has 0 aromatic heterocycles. The van der Waals surface area contributed by atoms with Crippen molar-refractivity contribution in [1.29, 1.82) is 0 Å². The summed E-state index contributed by atoms with van der Waals surface area (Å²) in [5.74, 6) is 0.680. The topological polar surface area (TPSA) is 38.5 Å². The number of rotatable bonds is 4. The molecule has 1 atom stereocenters. The zero-order valence-corrected chi connectivity index (χ0v) is 12.6. The van der Waals surface area contributed by atoms with E-state index in [1.165, 1.54) is 19.3 Å². The molecule has 1 aromatic rings. The Labute approximate surface area is 124 Å². The molecule has 1 unspecified atom stereocenters. The molecule has 2 rings (SSSR count). The summed E-state index contributed by atoms with van der Waals surface area (Å²) < 4.78 is 5.90. The van der Waals surface area contributed by atoms with E-state index in [1.807, 2.05) is 6.07 Å². The second-order valence-electron chi connectivity index (χ2n) is 4.95. The second-order valence-corrected chi connectivity index (χ2v) is 5.82. The molecule has 104 valence electrons. The third-order valence-corrected chi connectivity index (χ3v) is 4.02. The van der Waals surface area contributed by atoms with Gasteiger partial charge in [0.05, 0.1) is 5.56 Å². The fourth-order valence-electron chi connectivity index (χ4n) is 2.36. The van der Waals surface area contributed by atoms with Crippen LogP contribution in [-0.4, -0.2) is 36.1 Å². The van der Waals surface area contributed by atoms with E-state index in [-0.39, 0.29) is 0 Å². The van der Waals surface area contributed by atoms with Crippen LogP contribution in [0.2, 0.25) is 5.02 Å². The summed E-state index contributed by atoms with van der Waals surface area (Å²) >= 11 is 11.0. The number of ether oxygens (including phenoxy) is 1. The van der Waals surface area contributed by atoms with Crippen molar-refractivity contribution >= 4 is 28.8 Å². The number of hydrogen-bond donors (Lipinski definition) is 1. The highest BCUT2D eigenvalue weighted by atomic mass is 35.5. The van der Waals surface area contributed by atoms with E-state index in [0.717, 1.165) is 12.1 Å². The van der Waals surface area contributed by atoms with Crippen LogP contribution in [-0.2, 0) is 0 Å². The smallest absolute Gasteiger partial charge is 0.131 e. The molecule has 0 aliphatic carbocycles. The molecule has 19 heavy (non-hydrogen) atoms. The Bertz CT molecular complexity index is 467. The van der Waals surface area contributed by atoms with E-state index < -0.39 is 0 Å². The van der Waals surface area contributed by atoms with Gasteiger partial charge < -0.3 is 15.4 Å². The maximum atomic E-state index is 6.00. The van der Waals surface area contributed by atoms with Crippen LogP contribution in [0.25, 0.3) is 0 Å². The van der Waals surface area contributed by atoms with Crippen LogP contribution in [0, 0.1) is 0 Å². The van der Waals surface area contributed by atoms with Crippen LogP contribution in [0.4, 0.5) is 0 Å². The minimum Gasteiger partial charge on any atom is -0.491 e. The molecule has 0 radical (unpaired) electrons. The molecule has 3 nitrogen and oxygen atoms in total. The zero-order chi connectivity index (χ0) is 13.8. The fourth-order valence-corrected chi connectivity index (χ4v) is 2.69. The van der Waals surface area contributed by atoms with Crippen molar-refractivity contribution in [3.63, 3.8) is 0 Å². The Hall–Kier alpha value is -0.840. The first-order valence-electron chi connectivity index (χ1n) is 6.50. The molecule has 1 aromatic carbocycles. The van der Waals surface area contributed by atoms with Gasteiger partial charge in [-0.3, -0.25) is 0 Å². The molecule has 1 aliphatic heterocycles. The minimum atomic E-state index is 0.337. The maximum Gasteiger partial charge on any atom is 0.131 e. The number of likely N-dealkylation sites (N-methyl/N-ethyl adjacent to an activating group) is 1. The zero-order valence-electron chi connectivity index (χ0n) is 11.1. The van der Waals surface area contributed by atoms with Gasteiger partial charge in [0.2, 0.25) is 0 Å². The summed E-state index contributed by atoms with van der Waals surface area (Å²) in [4.78, 5) is 2.68. The Balaban J connectivity index is 2.05. The predicted molar refractivity (Wildman–Crippen MR) is 83.1 cm³/mol. The Morgan fingerprint density at radius 2 is 2.32 bits per heavy atom. The number of hydrogen-bond acceptors (Lipinski definition) is 3. The van der Waals surface area contributed by atoms with Gasteiger partial charge in [-0.25, -0.2) is 0 Å². The fraction of sp³-hybridized carbons (Fsp3) is 0.500. The van der Waals surface area contributed by atoms with Crippen molar-refractivity contribution in [1.82, 2.24) is 4.90 Å². The van der Waals surface area contributed by atoms with E-state index >= 15 is 0 Å². The standard InChI is InChI=1S/C14H19ClN2OS/c1-17-7-3-2-4-11(17)9-18-13-8-10(15)5-6-12(13)14(16)19/h5-6,8,11H,2-4,7,9H2,1H3,(H2,16,19). The van der Waals surface area contributed by atoms with Crippen LogP contribution in [0.1, 0.15) is 24.8 Å². The third kappa shape index (κ3) is 3.81. The summed E-state index contributed by atoms with van der Waals surface area (Å²) in [6, 6.07) is 5.81. The van der Waals surface area contributed by atoms with Crippen LogP contribution < -0.4 is 10.5 Å². The SMILES string of the molecule is CN1CCCCC1COc1cc(Cl)ccc1C(N)=S. The lowest BCUT2D eigenvalue weighted by molar-refractivity contribution is 0.125. The minimum absolute atomic E-state index is 0.337. The van der Waals surface area contributed by atoms with Gasteiger partial charge in [-0.05, 0) is 44.6 Å². The molecule has 5 heteroatoms. The highest BCUT2D eigenvalue weighted by Gasteiger charge is 2.20. The highest BCUT2D eigenvalue weighted by molar-refractivity contribution is 7.80. The molecular weight excluding hydrogens is 280 g/mol. The normalized spacial score (nSPS) is 20.2. The van der Waals surface area contributed by atoms with Crippen LogP contribution >= 0.6 is 23.8 Å². The lowest BCUT2D eigenvalue weighted by Gasteiger charge is -2.32. The van der Waals surface area contributed by atoms with E-state index in [1.54, 1.807) is 12.1 Å². The lowest BCUT2D eigenvalue weighted by atomic mass is 10.0. The number of nitrogens with two attached hydrogens (primary N) is 1. The van der Waals surface area contributed by atoms with Gasteiger partial charge in [0.25, 0.3) is 0 Å². The first-order chi connectivity index (χ1) is 9.08. The molecule has 2 N–H and O–H groups in total. The average Bonchev–Trinajstić information content (AvgIpc) is 2.37. The van der Waals surface area contributed by atoms with Gasteiger partial charge in [-0.1, -0.05) is 30.2 Å². The van der Waals surface area contributed by atoms with E-state index in [0.29, 0.717) is 28.4 Å². The first-order valence-corrected chi connectivity index (χ1v) is 7.29. The quantitative estimate of drug-likeness (QED) is 0.868. The van der Waals surface area contributed by atoms with Crippen LogP contribution in [0.3, 0.4) is 0 Å². The number of halogens is 1. The van der Waals surface area contributed by atoms with Gasteiger partial charge in [0, 0.05) is 11.1 Å². The summed E-state index contributed by atoms with van der Waals surface area (Å²) in [5, 5.41) is 0.631. The van der Waals surface area contributed by atoms with E-state index in [2.05, 4.69) is 11.9 Å². The number of piperidine rings is 1. The monoisotopic (exact) mass is 298 g/mol. The molecule has 1 fully saturated rings. The second kappa shape index (κ2) is 6.55. The Morgan fingerprint density at radius 3 is 3.00 bits per heavy atom. The van der Waals surface area contributed by atoms with Crippen LogP contribution in [0.15, 0.2) is 18.2 Å². The van der Waals surface area contributed by atoms with E-state index in [4.69, 9.17) is 34.3 Å². The molecule has 1 heterocycles. The number of benzene rings is 1. The molecule has 0 saturated carbocycles. The Morgan fingerprint density at radius 1 is 1.53 bits per heavy atom. The molecule has 0 bridgehead atoms. The van der Waals surface area contributed by atoms with Gasteiger partial charge in [0.15, 0.2) is 0 Å². The van der Waals surface area contributed by atoms with E-state index in [9.17, 15) is 0 Å². The van der Waals surface area contributed by atoms with Crippen molar-refractivity contribution in [2.24, 2.45) is 5.73 Å². The summed E-state index contributed by atoms with van der Waals surface area (Å²) in [7, 11) is 2.14. The molecular formula is C14H19ClN2OS.